The quantitative estimate of drug-likeness (QED) is 0.363. The number of allylic oxidation sites excluding steroid dienone is 1. The van der Waals surface area contributed by atoms with Crippen molar-refractivity contribution in [1.82, 2.24) is 0 Å². The molecule has 2 N–H and O–H groups in total. The average molecular weight is 213 g/mol. The van der Waals surface area contributed by atoms with Gasteiger partial charge in [0.1, 0.15) is 6.04 Å². The zero-order valence-corrected chi connectivity index (χ0v) is 9.71. The smallest absolute Gasteiger partial charge is 0.322 e. The summed E-state index contributed by atoms with van der Waals surface area (Å²) in [5, 5.41) is 0. The monoisotopic (exact) mass is 213 g/mol. The predicted molar refractivity (Wildman–Crippen MR) is 62.5 cm³/mol. The molecule has 0 aliphatic carbocycles. The third kappa shape index (κ3) is 8.18. The van der Waals surface area contributed by atoms with Crippen molar-refractivity contribution in [2.24, 2.45) is 5.73 Å². The van der Waals surface area contributed by atoms with Crippen LogP contribution in [0, 0.1) is 0 Å². The Bertz CT molecular complexity index is 180. The van der Waals surface area contributed by atoms with Gasteiger partial charge in [0.15, 0.2) is 0 Å². The second kappa shape index (κ2) is 9.71. The SMILES string of the molecule is C=CCCCCCCC(N)C(=O)OCC. The van der Waals surface area contributed by atoms with E-state index in [4.69, 9.17) is 10.5 Å². The molecule has 0 fully saturated rings. The van der Waals surface area contributed by atoms with Crippen molar-refractivity contribution in [3.63, 3.8) is 0 Å². The van der Waals surface area contributed by atoms with E-state index < -0.39 is 6.04 Å². The maximum Gasteiger partial charge on any atom is 0.322 e. The van der Waals surface area contributed by atoms with Crippen molar-refractivity contribution >= 4 is 5.97 Å². The van der Waals surface area contributed by atoms with Crippen LogP contribution in [-0.4, -0.2) is 18.6 Å². The van der Waals surface area contributed by atoms with E-state index in [9.17, 15) is 4.79 Å². The first-order valence-electron chi connectivity index (χ1n) is 5.75. The molecule has 0 aliphatic heterocycles. The summed E-state index contributed by atoms with van der Waals surface area (Å²) in [6, 6.07) is -0.440. The molecule has 0 aromatic heterocycles. The molecule has 0 amide bonds. The molecule has 0 bridgehead atoms. The Morgan fingerprint density at radius 3 is 2.67 bits per heavy atom. The number of rotatable bonds is 9. The van der Waals surface area contributed by atoms with Gasteiger partial charge < -0.3 is 10.5 Å². The normalized spacial score (nSPS) is 12.1. The zero-order valence-electron chi connectivity index (χ0n) is 9.71. The van der Waals surface area contributed by atoms with Gasteiger partial charge in [-0.3, -0.25) is 4.79 Å². The minimum Gasteiger partial charge on any atom is -0.465 e. The topological polar surface area (TPSA) is 52.3 Å². The van der Waals surface area contributed by atoms with Crippen molar-refractivity contribution in [3.8, 4) is 0 Å². The largest absolute Gasteiger partial charge is 0.465 e. The molecular formula is C12H23NO2. The van der Waals surface area contributed by atoms with Crippen LogP contribution in [-0.2, 0) is 9.53 Å². The van der Waals surface area contributed by atoms with Crippen molar-refractivity contribution in [3.05, 3.63) is 12.7 Å². The second-order valence-electron chi connectivity index (χ2n) is 3.64. The van der Waals surface area contributed by atoms with E-state index in [1.54, 1.807) is 6.92 Å². The highest BCUT2D eigenvalue weighted by atomic mass is 16.5. The lowest BCUT2D eigenvalue weighted by atomic mass is 10.1. The third-order valence-electron chi connectivity index (χ3n) is 2.26. The first-order chi connectivity index (χ1) is 7.22. The maximum atomic E-state index is 11.1. The number of ether oxygens (including phenoxy) is 1. The molecule has 1 atom stereocenters. The molecule has 0 aromatic rings. The highest BCUT2D eigenvalue weighted by Gasteiger charge is 2.13. The molecule has 0 spiro atoms. The molecule has 0 aromatic carbocycles. The molecule has 3 nitrogen and oxygen atoms in total. The number of nitrogens with two attached hydrogens (primary N) is 1. The number of esters is 1. The van der Waals surface area contributed by atoms with Gasteiger partial charge in [-0.05, 0) is 26.2 Å². The van der Waals surface area contributed by atoms with Crippen molar-refractivity contribution in [2.45, 2.75) is 51.5 Å². The molecule has 88 valence electrons. The van der Waals surface area contributed by atoms with E-state index in [1.807, 2.05) is 6.08 Å². The van der Waals surface area contributed by atoms with E-state index in [-0.39, 0.29) is 5.97 Å². The van der Waals surface area contributed by atoms with E-state index >= 15 is 0 Å². The fraction of sp³-hybridized carbons (Fsp3) is 0.750. The van der Waals surface area contributed by atoms with E-state index in [0.29, 0.717) is 6.61 Å². The van der Waals surface area contributed by atoms with Gasteiger partial charge in [0.2, 0.25) is 0 Å². The minimum absolute atomic E-state index is 0.274. The van der Waals surface area contributed by atoms with Gasteiger partial charge in [-0.1, -0.05) is 25.3 Å². The Hall–Kier alpha value is -0.830. The standard InChI is InChI=1S/C12H23NO2/c1-3-5-6-7-8-9-10-11(13)12(14)15-4-2/h3,11H,1,4-10,13H2,2H3. The average Bonchev–Trinajstić information content (AvgIpc) is 2.23. The van der Waals surface area contributed by atoms with Crippen LogP contribution in [0.2, 0.25) is 0 Å². The highest BCUT2D eigenvalue weighted by Crippen LogP contribution is 2.07. The van der Waals surface area contributed by atoms with Crippen molar-refractivity contribution in [2.75, 3.05) is 6.61 Å². The molecule has 0 aliphatic rings. The molecule has 3 heteroatoms. The van der Waals surface area contributed by atoms with Crippen LogP contribution in [0.1, 0.15) is 45.4 Å². The van der Waals surface area contributed by atoms with Crippen LogP contribution < -0.4 is 5.73 Å². The highest BCUT2D eigenvalue weighted by molar-refractivity contribution is 5.75. The summed E-state index contributed by atoms with van der Waals surface area (Å²) in [6.07, 6.45) is 8.22. The number of carbonyl (C=O) groups excluding carboxylic acids is 1. The summed E-state index contributed by atoms with van der Waals surface area (Å²) >= 11 is 0. The fourth-order valence-electron chi connectivity index (χ4n) is 1.37. The van der Waals surface area contributed by atoms with Crippen LogP contribution >= 0.6 is 0 Å². The molecule has 15 heavy (non-hydrogen) atoms. The summed E-state index contributed by atoms with van der Waals surface area (Å²) in [5.41, 5.74) is 5.65. The molecule has 1 unspecified atom stereocenters. The van der Waals surface area contributed by atoms with Gasteiger partial charge in [0.25, 0.3) is 0 Å². The Morgan fingerprint density at radius 2 is 2.07 bits per heavy atom. The first kappa shape index (κ1) is 14.2. The summed E-state index contributed by atoms with van der Waals surface area (Å²) in [5.74, 6) is -0.274. The van der Waals surface area contributed by atoms with Crippen LogP contribution in [0.5, 0.6) is 0 Å². The van der Waals surface area contributed by atoms with Gasteiger partial charge in [-0.2, -0.15) is 0 Å². The number of hydrogen-bond donors (Lipinski definition) is 1. The van der Waals surface area contributed by atoms with Crippen LogP contribution in [0.25, 0.3) is 0 Å². The van der Waals surface area contributed by atoms with Gasteiger partial charge in [-0.15, -0.1) is 6.58 Å². The van der Waals surface area contributed by atoms with Gasteiger partial charge >= 0.3 is 5.97 Å². The number of carbonyl (C=O) groups is 1. The Kier molecular flexibility index (Phi) is 9.18. The summed E-state index contributed by atoms with van der Waals surface area (Å²) in [7, 11) is 0. The van der Waals surface area contributed by atoms with Crippen LogP contribution in [0.3, 0.4) is 0 Å². The third-order valence-corrected chi connectivity index (χ3v) is 2.26. The first-order valence-corrected chi connectivity index (χ1v) is 5.75. The lowest BCUT2D eigenvalue weighted by Gasteiger charge is -2.09. The molecule has 0 saturated carbocycles. The molecule has 0 rings (SSSR count). The molecular weight excluding hydrogens is 190 g/mol. The molecule has 0 saturated heterocycles. The fourth-order valence-corrected chi connectivity index (χ4v) is 1.37. The van der Waals surface area contributed by atoms with Crippen molar-refractivity contribution in [1.29, 1.82) is 0 Å². The Morgan fingerprint density at radius 1 is 1.40 bits per heavy atom. The summed E-state index contributed by atoms with van der Waals surface area (Å²) in [4.78, 5) is 11.1. The Balaban J connectivity index is 3.34. The second-order valence-corrected chi connectivity index (χ2v) is 3.64. The Labute approximate surface area is 92.7 Å². The van der Waals surface area contributed by atoms with Gasteiger partial charge in [0, 0.05) is 0 Å². The maximum absolute atomic E-state index is 11.1. The summed E-state index contributed by atoms with van der Waals surface area (Å²) < 4.78 is 4.82. The molecule has 0 heterocycles. The zero-order chi connectivity index (χ0) is 11.5. The molecule has 0 radical (unpaired) electrons. The summed E-state index contributed by atoms with van der Waals surface area (Å²) in [6.45, 7) is 5.87. The van der Waals surface area contributed by atoms with Gasteiger partial charge in [-0.25, -0.2) is 0 Å². The van der Waals surface area contributed by atoms with E-state index in [2.05, 4.69) is 6.58 Å². The number of unbranched alkanes of at least 4 members (excludes halogenated alkanes) is 4. The van der Waals surface area contributed by atoms with Crippen molar-refractivity contribution < 1.29 is 9.53 Å². The van der Waals surface area contributed by atoms with Crippen LogP contribution in [0.15, 0.2) is 12.7 Å². The predicted octanol–water partition coefficient (Wildman–Crippen LogP) is 2.40. The minimum atomic E-state index is -0.440. The lowest BCUT2D eigenvalue weighted by Crippen LogP contribution is -2.32. The van der Waals surface area contributed by atoms with E-state index in [1.165, 1.54) is 12.8 Å². The number of hydrogen-bond acceptors (Lipinski definition) is 3. The van der Waals surface area contributed by atoms with Crippen LogP contribution in [0.4, 0.5) is 0 Å². The van der Waals surface area contributed by atoms with Gasteiger partial charge in [0.05, 0.1) is 6.61 Å². The van der Waals surface area contributed by atoms with E-state index in [0.717, 1.165) is 25.7 Å². The lowest BCUT2D eigenvalue weighted by molar-refractivity contribution is -0.144.